The Morgan fingerprint density at radius 1 is 1.26 bits per heavy atom. The van der Waals surface area contributed by atoms with Gasteiger partial charge in [-0.25, -0.2) is 9.97 Å². The van der Waals surface area contributed by atoms with Gasteiger partial charge in [0.2, 0.25) is 0 Å². The van der Waals surface area contributed by atoms with Crippen molar-refractivity contribution in [3.8, 4) is 0 Å². The Hall–Kier alpha value is -2.91. The number of aromatic nitrogens is 4. The molecule has 1 fully saturated rings. The highest BCUT2D eigenvalue weighted by Crippen LogP contribution is 2.30. The summed E-state index contributed by atoms with van der Waals surface area (Å²) in [6, 6.07) is 3.94. The largest absolute Gasteiger partial charge is 0.327 e. The standard InChI is InChI=1S/C22H24N6O2S/c29-21-16-6-10-27(13-15-4-3-11-31-15)14-18(16)25-20(26-21)19-5-1-2-9-28(19)22(30)17-12-23-7-8-24-17/h3-4,7-8,11-12,19H,1-2,5-6,9-10,13-14H2,(H,25,26,29)/t19-/m1/s1. The average molecular weight is 437 g/mol. The lowest BCUT2D eigenvalue weighted by Crippen LogP contribution is -2.41. The summed E-state index contributed by atoms with van der Waals surface area (Å²) < 4.78 is 0. The summed E-state index contributed by atoms with van der Waals surface area (Å²) in [4.78, 5) is 47.4. The molecule has 2 aliphatic heterocycles. The molecule has 5 heterocycles. The summed E-state index contributed by atoms with van der Waals surface area (Å²) in [5, 5.41) is 2.08. The highest BCUT2D eigenvalue weighted by molar-refractivity contribution is 7.09. The SMILES string of the molecule is O=C(c1cnccn1)N1CCCC[C@@H]1c1nc2c(c(=O)[nH]1)CCN(Cc1cccs1)C2. The van der Waals surface area contributed by atoms with Crippen LogP contribution in [0.1, 0.15) is 57.8 Å². The molecule has 1 N–H and O–H groups in total. The second-order valence-corrected chi connectivity index (χ2v) is 9.05. The van der Waals surface area contributed by atoms with Crippen molar-refractivity contribution in [1.29, 1.82) is 0 Å². The van der Waals surface area contributed by atoms with E-state index in [0.717, 1.165) is 43.6 Å². The van der Waals surface area contributed by atoms with Crippen molar-refractivity contribution in [3.63, 3.8) is 0 Å². The maximum Gasteiger partial charge on any atom is 0.274 e. The molecule has 0 saturated carbocycles. The first-order valence-electron chi connectivity index (χ1n) is 10.6. The van der Waals surface area contributed by atoms with Crippen LogP contribution in [-0.2, 0) is 19.5 Å². The van der Waals surface area contributed by atoms with Gasteiger partial charge in [0.1, 0.15) is 11.5 Å². The van der Waals surface area contributed by atoms with E-state index in [4.69, 9.17) is 4.98 Å². The minimum atomic E-state index is -0.256. The number of H-pyrrole nitrogens is 1. The van der Waals surface area contributed by atoms with Crippen LogP contribution in [0.4, 0.5) is 0 Å². The molecule has 5 rings (SSSR count). The molecule has 9 heteroatoms. The maximum atomic E-state index is 13.1. The first kappa shape index (κ1) is 20.0. The van der Waals surface area contributed by atoms with Crippen molar-refractivity contribution in [2.45, 2.75) is 44.8 Å². The smallest absolute Gasteiger partial charge is 0.274 e. The minimum absolute atomic E-state index is 0.0757. The van der Waals surface area contributed by atoms with E-state index in [0.29, 0.717) is 31.0 Å². The summed E-state index contributed by atoms with van der Waals surface area (Å²) in [6.45, 7) is 2.97. The van der Waals surface area contributed by atoms with Crippen LogP contribution in [0, 0.1) is 0 Å². The zero-order valence-corrected chi connectivity index (χ0v) is 18.0. The number of fused-ring (bicyclic) bond motifs is 1. The lowest BCUT2D eigenvalue weighted by atomic mass is 9.99. The fourth-order valence-electron chi connectivity index (χ4n) is 4.44. The molecule has 1 saturated heterocycles. The van der Waals surface area contributed by atoms with E-state index in [-0.39, 0.29) is 17.5 Å². The van der Waals surface area contributed by atoms with Gasteiger partial charge in [-0.2, -0.15) is 0 Å². The number of carbonyl (C=O) groups is 1. The number of aromatic amines is 1. The van der Waals surface area contributed by atoms with Crippen LogP contribution in [0.2, 0.25) is 0 Å². The van der Waals surface area contributed by atoms with E-state index in [9.17, 15) is 9.59 Å². The van der Waals surface area contributed by atoms with Crippen molar-refractivity contribution < 1.29 is 4.79 Å². The molecule has 8 nitrogen and oxygen atoms in total. The molecule has 160 valence electrons. The van der Waals surface area contributed by atoms with Crippen LogP contribution in [0.5, 0.6) is 0 Å². The number of piperidine rings is 1. The molecule has 3 aromatic heterocycles. The van der Waals surface area contributed by atoms with E-state index in [2.05, 4.69) is 37.4 Å². The Kier molecular flexibility index (Phi) is 5.61. The van der Waals surface area contributed by atoms with E-state index in [1.165, 1.54) is 17.3 Å². The van der Waals surface area contributed by atoms with Gasteiger partial charge in [0.15, 0.2) is 0 Å². The van der Waals surface area contributed by atoms with Gasteiger partial charge in [-0.1, -0.05) is 6.07 Å². The number of rotatable bonds is 4. The topological polar surface area (TPSA) is 95.1 Å². The van der Waals surface area contributed by atoms with Crippen molar-refractivity contribution in [3.05, 3.63) is 74.1 Å². The quantitative estimate of drug-likeness (QED) is 0.675. The predicted molar refractivity (Wildman–Crippen MR) is 117 cm³/mol. The third kappa shape index (κ3) is 4.15. The summed E-state index contributed by atoms with van der Waals surface area (Å²) in [5.74, 6) is 0.413. The van der Waals surface area contributed by atoms with E-state index < -0.39 is 0 Å². The van der Waals surface area contributed by atoms with Gasteiger partial charge < -0.3 is 9.88 Å². The number of amides is 1. The van der Waals surface area contributed by atoms with Crippen LogP contribution in [0.15, 0.2) is 40.9 Å². The van der Waals surface area contributed by atoms with Crippen LogP contribution in [-0.4, -0.2) is 48.7 Å². The zero-order valence-electron chi connectivity index (χ0n) is 17.2. The minimum Gasteiger partial charge on any atom is -0.327 e. The van der Waals surface area contributed by atoms with Crippen LogP contribution in [0.3, 0.4) is 0 Å². The third-order valence-electron chi connectivity index (χ3n) is 5.99. The van der Waals surface area contributed by atoms with Gasteiger partial charge in [0.05, 0.1) is 17.9 Å². The van der Waals surface area contributed by atoms with Crippen LogP contribution < -0.4 is 5.56 Å². The first-order chi connectivity index (χ1) is 15.2. The summed E-state index contributed by atoms with van der Waals surface area (Å²) in [5.41, 5.74) is 1.85. The van der Waals surface area contributed by atoms with Gasteiger partial charge in [-0.05, 0) is 37.1 Å². The molecule has 0 unspecified atom stereocenters. The molecule has 0 spiro atoms. The lowest BCUT2D eigenvalue weighted by Gasteiger charge is -2.35. The fraction of sp³-hybridized carbons (Fsp3) is 0.409. The van der Waals surface area contributed by atoms with Gasteiger partial charge in [0, 0.05) is 49.0 Å². The number of thiophene rings is 1. The van der Waals surface area contributed by atoms with Crippen LogP contribution >= 0.6 is 11.3 Å². The van der Waals surface area contributed by atoms with Gasteiger partial charge in [-0.15, -0.1) is 11.3 Å². The van der Waals surface area contributed by atoms with E-state index in [1.54, 1.807) is 22.4 Å². The van der Waals surface area contributed by atoms with Crippen LogP contribution in [0.25, 0.3) is 0 Å². The highest BCUT2D eigenvalue weighted by atomic mass is 32.1. The predicted octanol–water partition coefficient (Wildman–Crippen LogP) is 2.55. The Balaban J connectivity index is 1.42. The normalized spacial score (nSPS) is 19.2. The fourth-order valence-corrected chi connectivity index (χ4v) is 5.19. The average Bonchev–Trinajstić information content (AvgIpc) is 3.32. The van der Waals surface area contributed by atoms with E-state index >= 15 is 0 Å². The molecule has 0 aromatic carbocycles. The van der Waals surface area contributed by atoms with Crippen molar-refractivity contribution in [2.24, 2.45) is 0 Å². The number of likely N-dealkylation sites (tertiary alicyclic amines) is 1. The van der Waals surface area contributed by atoms with Crippen molar-refractivity contribution >= 4 is 17.2 Å². The lowest BCUT2D eigenvalue weighted by molar-refractivity contribution is 0.0592. The first-order valence-corrected chi connectivity index (χ1v) is 11.5. The second-order valence-electron chi connectivity index (χ2n) is 8.02. The molecule has 0 bridgehead atoms. The van der Waals surface area contributed by atoms with Crippen molar-refractivity contribution in [2.75, 3.05) is 13.1 Å². The summed E-state index contributed by atoms with van der Waals surface area (Å²) in [7, 11) is 0. The second kappa shape index (κ2) is 8.68. The van der Waals surface area contributed by atoms with Gasteiger partial charge >= 0.3 is 0 Å². The molecule has 3 aromatic rings. The Morgan fingerprint density at radius 3 is 3.00 bits per heavy atom. The molecule has 31 heavy (non-hydrogen) atoms. The van der Waals surface area contributed by atoms with E-state index in [1.807, 2.05) is 0 Å². The Labute approximate surface area is 184 Å². The van der Waals surface area contributed by atoms with Crippen molar-refractivity contribution in [1.82, 2.24) is 29.7 Å². The molecule has 0 aliphatic carbocycles. The molecule has 1 atom stereocenters. The molecule has 0 radical (unpaired) electrons. The monoisotopic (exact) mass is 436 g/mol. The van der Waals surface area contributed by atoms with Gasteiger partial charge in [-0.3, -0.25) is 19.5 Å². The maximum absolute atomic E-state index is 13.1. The third-order valence-corrected chi connectivity index (χ3v) is 6.85. The Bertz CT molecular complexity index is 1110. The number of nitrogens with zero attached hydrogens (tertiary/aromatic N) is 5. The number of hydrogen-bond acceptors (Lipinski definition) is 7. The number of hydrogen-bond donors (Lipinski definition) is 1. The highest BCUT2D eigenvalue weighted by Gasteiger charge is 2.32. The Morgan fingerprint density at radius 2 is 2.19 bits per heavy atom. The summed E-state index contributed by atoms with van der Waals surface area (Å²) in [6.07, 6.45) is 7.93. The molecular formula is C22H24N6O2S. The van der Waals surface area contributed by atoms with Gasteiger partial charge in [0.25, 0.3) is 11.5 Å². The molecular weight excluding hydrogens is 412 g/mol. The molecule has 1 amide bonds. The molecule has 2 aliphatic rings. The number of carbonyl (C=O) groups excluding carboxylic acids is 1. The number of nitrogens with one attached hydrogen (secondary N) is 1. The summed E-state index contributed by atoms with van der Waals surface area (Å²) >= 11 is 1.74. The zero-order chi connectivity index (χ0) is 21.2.